The number of carboxylic acid groups (broad SMARTS) is 1. The molecule has 0 radical (unpaired) electrons. The predicted molar refractivity (Wildman–Crippen MR) is 62.4 cm³/mol. The maximum atomic E-state index is 13.8. The second kappa shape index (κ2) is 5.14. The van der Waals surface area contributed by atoms with Crippen molar-refractivity contribution in [2.75, 3.05) is 0 Å². The van der Waals surface area contributed by atoms with Gasteiger partial charge in [0.05, 0.1) is 11.6 Å². The summed E-state index contributed by atoms with van der Waals surface area (Å²) in [5, 5.41) is 17.5. The van der Waals surface area contributed by atoms with Gasteiger partial charge in [0.2, 0.25) is 0 Å². The first-order valence-corrected chi connectivity index (χ1v) is 5.17. The van der Waals surface area contributed by atoms with Crippen molar-refractivity contribution in [1.29, 1.82) is 5.26 Å². The van der Waals surface area contributed by atoms with E-state index in [1.54, 1.807) is 12.1 Å². The van der Waals surface area contributed by atoms with Crippen LogP contribution in [0.2, 0.25) is 0 Å². The van der Waals surface area contributed by atoms with E-state index in [0.717, 1.165) is 12.3 Å². The fourth-order valence-electron chi connectivity index (χ4n) is 1.40. The van der Waals surface area contributed by atoms with Crippen molar-refractivity contribution in [3.8, 4) is 17.7 Å². The van der Waals surface area contributed by atoms with Crippen LogP contribution in [0.5, 0.6) is 11.6 Å². The van der Waals surface area contributed by atoms with Crippen LogP contribution in [0.1, 0.15) is 15.9 Å². The second-order valence-corrected chi connectivity index (χ2v) is 3.52. The molecule has 0 saturated heterocycles. The predicted octanol–water partition coefficient (Wildman–Crippen LogP) is 2.58. The van der Waals surface area contributed by atoms with Crippen LogP contribution in [0.3, 0.4) is 0 Å². The quantitative estimate of drug-likeness (QED) is 0.914. The second-order valence-electron chi connectivity index (χ2n) is 3.52. The Balaban J connectivity index is 2.36. The van der Waals surface area contributed by atoms with Gasteiger partial charge in [-0.05, 0) is 24.3 Å². The molecule has 0 bridgehead atoms. The number of nitriles is 1. The summed E-state index contributed by atoms with van der Waals surface area (Å²) in [7, 11) is 0. The first-order valence-electron chi connectivity index (χ1n) is 5.17. The molecule has 2 aromatic rings. The third-order valence-corrected chi connectivity index (χ3v) is 2.27. The van der Waals surface area contributed by atoms with Gasteiger partial charge in [-0.1, -0.05) is 6.07 Å². The van der Waals surface area contributed by atoms with Gasteiger partial charge in [-0.15, -0.1) is 0 Å². The van der Waals surface area contributed by atoms with E-state index >= 15 is 0 Å². The zero-order valence-electron chi connectivity index (χ0n) is 9.50. The van der Waals surface area contributed by atoms with Gasteiger partial charge < -0.3 is 9.84 Å². The summed E-state index contributed by atoms with van der Waals surface area (Å²) in [6, 6.07) is 8.98. The summed E-state index contributed by atoms with van der Waals surface area (Å²) in [5.74, 6) is -2.71. The lowest BCUT2D eigenvalue weighted by Gasteiger charge is -2.06. The summed E-state index contributed by atoms with van der Waals surface area (Å²) < 4.78 is 18.9. The lowest BCUT2D eigenvalue weighted by molar-refractivity contribution is 0.0690. The zero-order chi connectivity index (χ0) is 13.8. The number of pyridine rings is 1. The van der Waals surface area contributed by atoms with Gasteiger partial charge in [0, 0.05) is 6.20 Å². The summed E-state index contributed by atoms with van der Waals surface area (Å²) in [6.07, 6.45) is 1.13. The molecule has 94 valence electrons. The molecule has 0 fully saturated rings. The maximum Gasteiger partial charge on any atom is 0.338 e. The highest BCUT2D eigenvalue weighted by Gasteiger charge is 2.16. The van der Waals surface area contributed by atoms with Crippen LogP contribution in [-0.2, 0) is 0 Å². The number of hydrogen-bond acceptors (Lipinski definition) is 4. The van der Waals surface area contributed by atoms with Gasteiger partial charge in [0.25, 0.3) is 5.88 Å². The topological polar surface area (TPSA) is 83.2 Å². The Hall–Kier alpha value is -2.94. The van der Waals surface area contributed by atoms with Crippen LogP contribution in [0.15, 0.2) is 36.5 Å². The molecule has 0 spiro atoms. The number of benzene rings is 1. The van der Waals surface area contributed by atoms with Gasteiger partial charge in [0.15, 0.2) is 5.82 Å². The Bertz CT molecular complexity index is 680. The molecule has 0 saturated carbocycles. The SMILES string of the molecule is N#Cc1cccc(Oc2nccc(C(=O)O)c2F)c1. The van der Waals surface area contributed by atoms with Gasteiger partial charge >= 0.3 is 5.97 Å². The number of aromatic carboxylic acids is 1. The van der Waals surface area contributed by atoms with Crippen LogP contribution in [0, 0.1) is 17.1 Å². The number of carbonyl (C=O) groups is 1. The van der Waals surface area contributed by atoms with Crippen molar-refractivity contribution in [1.82, 2.24) is 4.98 Å². The molecule has 0 aliphatic carbocycles. The molecule has 0 unspecified atom stereocenters. The van der Waals surface area contributed by atoms with Crippen LogP contribution >= 0.6 is 0 Å². The first kappa shape index (κ1) is 12.5. The molecule has 0 aliphatic rings. The number of ether oxygens (including phenoxy) is 1. The summed E-state index contributed by atoms with van der Waals surface area (Å²) >= 11 is 0. The molecule has 1 aromatic heterocycles. The lowest BCUT2D eigenvalue weighted by atomic mass is 10.2. The Morgan fingerprint density at radius 2 is 2.21 bits per heavy atom. The van der Waals surface area contributed by atoms with E-state index in [9.17, 15) is 9.18 Å². The third-order valence-electron chi connectivity index (χ3n) is 2.27. The van der Waals surface area contributed by atoms with Gasteiger partial charge in [-0.25, -0.2) is 14.2 Å². The first-order chi connectivity index (χ1) is 9.11. The van der Waals surface area contributed by atoms with Crippen molar-refractivity contribution in [3.05, 3.63) is 53.5 Å². The maximum absolute atomic E-state index is 13.8. The van der Waals surface area contributed by atoms with Gasteiger partial charge in [-0.2, -0.15) is 5.26 Å². The Kier molecular flexibility index (Phi) is 3.39. The molecule has 6 heteroatoms. The van der Waals surface area contributed by atoms with Crippen LogP contribution < -0.4 is 4.74 Å². The molecule has 19 heavy (non-hydrogen) atoms. The van der Waals surface area contributed by atoms with E-state index in [4.69, 9.17) is 15.1 Å². The van der Waals surface area contributed by atoms with Crippen molar-refractivity contribution < 1.29 is 19.0 Å². The highest BCUT2D eigenvalue weighted by Crippen LogP contribution is 2.24. The third kappa shape index (κ3) is 2.66. The van der Waals surface area contributed by atoms with E-state index < -0.39 is 23.2 Å². The number of carboxylic acids is 1. The number of aromatic nitrogens is 1. The van der Waals surface area contributed by atoms with Crippen molar-refractivity contribution >= 4 is 5.97 Å². The monoisotopic (exact) mass is 258 g/mol. The number of halogens is 1. The summed E-state index contributed by atoms with van der Waals surface area (Å²) in [6.45, 7) is 0. The smallest absolute Gasteiger partial charge is 0.338 e. The van der Waals surface area contributed by atoms with E-state index in [-0.39, 0.29) is 5.75 Å². The standard InChI is InChI=1S/C13H7FN2O3/c14-11-10(13(17)18)4-5-16-12(11)19-9-3-1-2-8(6-9)7-15/h1-6H,(H,17,18). The van der Waals surface area contributed by atoms with E-state index in [1.165, 1.54) is 12.1 Å². The van der Waals surface area contributed by atoms with Crippen molar-refractivity contribution in [3.63, 3.8) is 0 Å². The van der Waals surface area contributed by atoms with E-state index in [1.807, 2.05) is 6.07 Å². The lowest BCUT2D eigenvalue weighted by Crippen LogP contribution is -2.03. The minimum Gasteiger partial charge on any atom is -0.478 e. The summed E-state index contributed by atoms with van der Waals surface area (Å²) in [4.78, 5) is 14.4. The molecule has 1 heterocycles. The van der Waals surface area contributed by atoms with Crippen molar-refractivity contribution in [2.24, 2.45) is 0 Å². The molecule has 1 N–H and O–H groups in total. The van der Waals surface area contributed by atoms with E-state index in [0.29, 0.717) is 5.56 Å². The van der Waals surface area contributed by atoms with Crippen LogP contribution in [-0.4, -0.2) is 16.1 Å². The van der Waals surface area contributed by atoms with Gasteiger partial charge in [-0.3, -0.25) is 0 Å². The average molecular weight is 258 g/mol. The minimum atomic E-state index is -1.41. The fraction of sp³-hybridized carbons (Fsp3) is 0. The Morgan fingerprint density at radius 3 is 2.89 bits per heavy atom. The average Bonchev–Trinajstić information content (AvgIpc) is 2.41. The fourth-order valence-corrected chi connectivity index (χ4v) is 1.40. The van der Waals surface area contributed by atoms with E-state index in [2.05, 4.69) is 4.98 Å². The Labute approximate surface area is 107 Å². The molecule has 2 rings (SSSR count). The Morgan fingerprint density at radius 1 is 1.42 bits per heavy atom. The molecule has 0 atom stereocenters. The number of nitrogens with zero attached hydrogens (tertiary/aromatic N) is 2. The highest BCUT2D eigenvalue weighted by atomic mass is 19.1. The van der Waals surface area contributed by atoms with Gasteiger partial charge in [0.1, 0.15) is 11.3 Å². The largest absolute Gasteiger partial charge is 0.478 e. The molecule has 0 amide bonds. The van der Waals surface area contributed by atoms with Crippen LogP contribution in [0.4, 0.5) is 4.39 Å². The molecule has 5 nitrogen and oxygen atoms in total. The molecule has 0 aliphatic heterocycles. The van der Waals surface area contributed by atoms with Crippen LogP contribution in [0.25, 0.3) is 0 Å². The highest BCUT2D eigenvalue weighted by molar-refractivity contribution is 5.88. The molecular weight excluding hydrogens is 251 g/mol. The zero-order valence-corrected chi connectivity index (χ0v) is 9.50. The molecule has 1 aromatic carbocycles. The number of rotatable bonds is 3. The van der Waals surface area contributed by atoms with Crippen molar-refractivity contribution in [2.45, 2.75) is 0 Å². The normalized spacial score (nSPS) is 9.68. The summed E-state index contributed by atoms with van der Waals surface area (Å²) in [5.41, 5.74) is -0.186. The minimum absolute atomic E-state index is 0.202. The molecular formula is C13H7FN2O3. The number of hydrogen-bond donors (Lipinski definition) is 1.